The zero-order valence-electron chi connectivity index (χ0n) is 10.2. The molecule has 1 rings (SSSR count). The van der Waals surface area contributed by atoms with Crippen LogP contribution < -0.4 is 5.32 Å². The number of aryl methyl sites for hydroxylation is 2. The van der Waals surface area contributed by atoms with Gasteiger partial charge in [-0.25, -0.2) is 0 Å². The van der Waals surface area contributed by atoms with Crippen LogP contribution in [0.5, 0.6) is 0 Å². The number of hydrogen-bond acceptors (Lipinski definition) is 3. The Hall–Kier alpha value is -1.36. The minimum atomic E-state index is -0.415. The molecule has 5 nitrogen and oxygen atoms in total. The van der Waals surface area contributed by atoms with Gasteiger partial charge in [-0.3, -0.25) is 9.89 Å². The van der Waals surface area contributed by atoms with E-state index in [0.29, 0.717) is 17.7 Å². The minimum Gasteiger partial charge on any atom is -0.393 e. The standard InChI is InChI=1S/C11H19N3O2/c1-6(5-7(2)15)12-11(16)10-8(3)13-14-9(10)4/h6-7,15H,5H2,1-4H3,(H,12,16)(H,13,14). The first-order valence-corrected chi connectivity index (χ1v) is 5.42. The summed E-state index contributed by atoms with van der Waals surface area (Å²) in [6.07, 6.45) is 0.128. The van der Waals surface area contributed by atoms with Gasteiger partial charge in [0.05, 0.1) is 17.4 Å². The van der Waals surface area contributed by atoms with E-state index in [2.05, 4.69) is 15.5 Å². The number of nitrogens with zero attached hydrogens (tertiary/aromatic N) is 1. The van der Waals surface area contributed by atoms with E-state index in [1.165, 1.54) is 0 Å². The minimum absolute atomic E-state index is 0.0544. The summed E-state index contributed by atoms with van der Waals surface area (Å²) in [6.45, 7) is 7.18. The average molecular weight is 225 g/mol. The van der Waals surface area contributed by atoms with E-state index < -0.39 is 6.10 Å². The smallest absolute Gasteiger partial charge is 0.255 e. The van der Waals surface area contributed by atoms with Gasteiger partial charge in [-0.05, 0) is 34.1 Å². The summed E-state index contributed by atoms with van der Waals surface area (Å²) in [7, 11) is 0. The number of rotatable bonds is 4. The van der Waals surface area contributed by atoms with Crippen LogP contribution in [-0.4, -0.2) is 33.4 Å². The van der Waals surface area contributed by atoms with E-state index in [0.717, 1.165) is 5.69 Å². The Morgan fingerprint density at radius 3 is 2.56 bits per heavy atom. The van der Waals surface area contributed by atoms with E-state index in [1.807, 2.05) is 13.8 Å². The number of carbonyl (C=O) groups is 1. The summed E-state index contributed by atoms with van der Waals surface area (Å²) in [6, 6.07) is -0.0544. The lowest BCUT2D eigenvalue weighted by atomic mass is 10.1. The molecule has 0 radical (unpaired) electrons. The quantitative estimate of drug-likeness (QED) is 0.713. The van der Waals surface area contributed by atoms with Crippen LogP contribution in [0.2, 0.25) is 0 Å². The lowest BCUT2D eigenvalue weighted by Crippen LogP contribution is -2.35. The van der Waals surface area contributed by atoms with Gasteiger partial charge in [0.15, 0.2) is 0 Å². The van der Waals surface area contributed by atoms with Gasteiger partial charge in [-0.1, -0.05) is 0 Å². The molecule has 0 aliphatic rings. The highest BCUT2D eigenvalue weighted by molar-refractivity contribution is 5.96. The molecule has 5 heteroatoms. The van der Waals surface area contributed by atoms with Crippen LogP contribution in [0.4, 0.5) is 0 Å². The van der Waals surface area contributed by atoms with Crippen molar-refractivity contribution < 1.29 is 9.90 Å². The van der Waals surface area contributed by atoms with Gasteiger partial charge < -0.3 is 10.4 Å². The van der Waals surface area contributed by atoms with Crippen molar-refractivity contribution in [3.8, 4) is 0 Å². The predicted molar refractivity (Wildman–Crippen MR) is 61.3 cm³/mol. The van der Waals surface area contributed by atoms with Crippen molar-refractivity contribution >= 4 is 5.91 Å². The fourth-order valence-corrected chi connectivity index (χ4v) is 1.75. The molecule has 1 heterocycles. The molecule has 2 atom stereocenters. The summed E-state index contributed by atoms with van der Waals surface area (Å²) in [5.41, 5.74) is 2.05. The average Bonchev–Trinajstić information content (AvgIpc) is 2.44. The van der Waals surface area contributed by atoms with E-state index in [1.54, 1.807) is 13.8 Å². The van der Waals surface area contributed by atoms with Gasteiger partial charge >= 0.3 is 0 Å². The Bertz CT molecular complexity index is 352. The molecule has 1 aromatic heterocycles. The normalized spacial score (nSPS) is 14.6. The number of nitrogens with one attached hydrogen (secondary N) is 2. The number of carbonyl (C=O) groups excluding carboxylic acids is 1. The summed E-state index contributed by atoms with van der Waals surface area (Å²) >= 11 is 0. The predicted octanol–water partition coefficient (Wildman–Crippen LogP) is 0.916. The van der Waals surface area contributed by atoms with Crippen molar-refractivity contribution in [3.05, 3.63) is 17.0 Å². The Balaban J connectivity index is 2.66. The van der Waals surface area contributed by atoms with Crippen molar-refractivity contribution in [2.75, 3.05) is 0 Å². The third-order valence-electron chi connectivity index (χ3n) is 2.43. The SMILES string of the molecule is Cc1n[nH]c(C)c1C(=O)NC(C)CC(C)O. The third-order valence-corrected chi connectivity index (χ3v) is 2.43. The molecule has 16 heavy (non-hydrogen) atoms. The number of aromatic amines is 1. The van der Waals surface area contributed by atoms with Crippen LogP contribution in [0.15, 0.2) is 0 Å². The second-order valence-electron chi connectivity index (χ2n) is 4.27. The number of aliphatic hydroxyl groups excluding tert-OH is 1. The maximum atomic E-state index is 11.9. The molecule has 0 spiro atoms. The molecule has 0 bridgehead atoms. The van der Waals surface area contributed by atoms with Crippen molar-refractivity contribution in [2.24, 2.45) is 0 Å². The number of aromatic nitrogens is 2. The van der Waals surface area contributed by atoms with Gasteiger partial charge in [-0.2, -0.15) is 5.10 Å². The molecule has 1 amide bonds. The second-order valence-corrected chi connectivity index (χ2v) is 4.27. The van der Waals surface area contributed by atoms with E-state index in [4.69, 9.17) is 0 Å². The highest BCUT2D eigenvalue weighted by atomic mass is 16.3. The largest absolute Gasteiger partial charge is 0.393 e. The number of amides is 1. The lowest BCUT2D eigenvalue weighted by molar-refractivity contribution is 0.0922. The van der Waals surface area contributed by atoms with Crippen LogP contribution in [0, 0.1) is 13.8 Å². The molecule has 0 aliphatic carbocycles. The molecule has 3 N–H and O–H groups in total. The van der Waals surface area contributed by atoms with Gasteiger partial charge in [0.2, 0.25) is 0 Å². The monoisotopic (exact) mass is 225 g/mol. The van der Waals surface area contributed by atoms with Gasteiger partial charge in [0, 0.05) is 11.7 Å². The van der Waals surface area contributed by atoms with Crippen molar-refractivity contribution in [1.82, 2.24) is 15.5 Å². The van der Waals surface area contributed by atoms with Gasteiger partial charge in [0.1, 0.15) is 0 Å². The zero-order chi connectivity index (χ0) is 12.3. The van der Waals surface area contributed by atoms with Gasteiger partial charge in [-0.15, -0.1) is 0 Å². The van der Waals surface area contributed by atoms with Crippen LogP contribution in [0.3, 0.4) is 0 Å². The maximum absolute atomic E-state index is 11.9. The Morgan fingerprint density at radius 1 is 1.50 bits per heavy atom. The van der Waals surface area contributed by atoms with Crippen LogP contribution in [0.1, 0.15) is 42.0 Å². The number of H-pyrrole nitrogens is 1. The molecule has 1 aromatic rings. The third kappa shape index (κ3) is 3.06. The fourth-order valence-electron chi connectivity index (χ4n) is 1.75. The molecular weight excluding hydrogens is 206 g/mol. The molecular formula is C11H19N3O2. The van der Waals surface area contributed by atoms with E-state index in [9.17, 15) is 9.90 Å². The van der Waals surface area contributed by atoms with Crippen LogP contribution in [-0.2, 0) is 0 Å². The summed E-state index contributed by atoms with van der Waals surface area (Å²) < 4.78 is 0. The first kappa shape index (κ1) is 12.7. The van der Waals surface area contributed by atoms with Crippen LogP contribution >= 0.6 is 0 Å². The zero-order valence-corrected chi connectivity index (χ0v) is 10.2. The first-order chi connectivity index (χ1) is 7.41. The Labute approximate surface area is 95.3 Å². The molecule has 0 saturated carbocycles. The van der Waals surface area contributed by atoms with E-state index in [-0.39, 0.29) is 11.9 Å². The lowest BCUT2D eigenvalue weighted by Gasteiger charge is -2.15. The highest BCUT2D eigenvalue weighted by Crippen LogP contribution is 2.09. The van der Waals surface area contributed by atoms with E-state index >= 15 is 0 Å². The maximum Gasteiger partial charge on any atom is 0.255 e. The molecule has 0 saturated heterocycles. The summed E-state index contributed by atoms with van der Waals surface area (Å²) in [5, 5.41) is 18.8. The Morgan fingerprint density at radius 2 is 2.12 bits per heavy atom. The summed E-state index contributed by atoms with van der Waals surface area (Å²) in [5.74, 6) is -0.142. The Kier molecular flexibility index (Phi) is 4.06. The fraction of sp³-hybridized carbons (Fsp3) is 0.636. The molecule has 90 valence electrons. The van der Waals surface area contributed by atoms with Crippen molar-refractivity contribution in [3.63, 3.8) is 0 Å². The van der Waals surface area contributed by atoms with Crippen molar-refractivity contribution in [1.29, 1.82) is 0 Å². The first-order valence-electron chi connectivity index (χ1n) is 5.42. The second kappa shape index (κ2) is 5.12. The number of aliphatic hydroxyl groups is 1. The highest BCUT2D eigenvalue weighted by Gasteiger charge is 2.17. The molecule has 0 aliphatic heterocycles. The van der Waals surface area contributed by atoms with Crippen LogP contribution in [0.25, 0.3) is 0 Å². The molecule has 2 unspecified atom stereocenters. The summed E-state index contributed by atoms with van der Waals surface area (Å²) in [4.78, 5) is 11.9. The topological polar surface area (TPSA) is 78.0 Å². The molecule has 0 aromatic carbocycles. The van der Waals surface area contributed by atoms with Crippen molar-refractivity contribution in [2.45, 2.75) is 46.3 Å². The number of hydrogen-bond donors (Lipinski definition) is 3. The molecule has 0 fully saturated rings. The van der Waals surface area contributed by atoms with Gasteiger partial charge in [0.25, 0.3) is 5.91 Å².